The number of hydrogen-bond acceptors (Lipinski definition) is 5. The molecule has 1 aliphatic heterocycles. The lowest BCUT2D eigenvalue weighted by atomic mass is 9.88. The smallest absolute Gasteiger partial charge is 0.415 e. The van der Waals surface area contributed by atoms with Gasteiger partial charge in [-0.15, -0.1) is 0 Å². The standard InChI is InChI=1S/C32H32N2O5/c1-21(26-14-8-12-22-11-6-7-13-27(22)26)33-18-25-19-34(20-28(25)23-9-4-3-5-10-23)32(37)39-29-16-15-24(31(35)36)17-30(29)38-2/h3-17,21,25,28,33H,18-20H2,1-2H3,(H,35,36)/t21-,25-,28-/m1/s1. The average molecular weight is 525 g/mol. The van der Waals surface area contributed by atoms with Crippen molar-refractivity contribution in [1.29, 1.82) is 0 Å². The van der Waals surface area contributed by atoms with E-state index in [0.29, 0.717) is 13.1 Å². The lowest BCUT2D eigenvalue weighted by Crippen LogP contribution is -2.33. The van der Waals surface area contributed by atoms with Crippen molar-refractivity contribution in [3.63, 3.8) is 0 Å². The van der Waals surface area contributed by atoms with E-state index in [9.17, 15) is 14.7 Å². The van der Waals surface area contributed by atoms with Gasteiger partial charge in [0.2, 0.25) is 0 Å². The maximum Gasteiger partial charge on any atom is 0.415 e. The van der Waals surface area contributed by atoms with Crippen LogP contribution in [0.4, 0.5) is 4.79 Å². The molecule has 1 fully saturated rings. The van der Waals surface area contributed by atoms with Crippen LogP contribution in [0.2, 0.25) is 0 Å². The number of carboxylic acids is 1. The zero-order valence-corrected chi connectivity index (χ0v) is 22.0. The van der Waals surface area contributed by atoms with Crippen LogP contribution in [0, 0.1) is 5.92 Å². The first-order valence-corrected chi connectivity index (χ1v) is 13.1. The number of aromatic carboxylic acids is 1. The maximum absolute atomic E-state index is 13.2. The normalized spacial score (nSPS) is 17.6. The number of methoxy groups -OCH3 is 1. The predicted octanol–water partition coefficient (Wildman–Crippen LogP) is 6.11. The summed E-state index contributed by atoms with van der Waals surface area (Å²) in [6, 6.07) is 29.4. The Hall–Kier alpha value is -4.36. The number of benzene rings is 4. The first-order chi connectivity index (χ1) is 18.9. The van der Waals surface area contributed by atoms with Crippen LogP contribution < -0.4 is 14.8 Å². The van der Waals surface area contributed by atoms with Gasteiger partial charge in [-0.05, 0) is 52.9 Å². The Bertz CT molecular complexity index is 1470. The number of hydrogen-bond donors (Lipinski definition) is 2. The van der Waals surface area contributed by atoms with Crippen molar-refractivity contribution in [3.05, 3.63) is 108 Å². The van der Waals surface area contributed by atoms with Crippen molar-refractivity contribution in [2.24, 2.45) is 5.92 Å². The molecule has 0 aliphatic carbocycles. The fraction of sp³-hybridized carbons (Fsp3) is 0.250. The van der Waals surface area contributed by atoms with E-state index in [1.54, 1.807) is 4.90 Å². The quantitative estimate of drug-likeness (QED) is 0.289. The molecule has 2 N–H and O–H groups in total. The Morgan fingerprint density at radius 1 is 0.949 bits per heavy atom. The summed E-state index contributed by atoms with van der Waals surface area (Å²) < 4.78 is 11.0. The predicted molar refractivity (Wildman–Crippen MR) is 151 cm³/mol. The highest BCUT2D eigenvalue weighted by atomic mass is 16.6. The molecule has 0 spiro atoms. The molecule has 0 aromatic heterocycles. The van der Waals surface area contributed by atoms with Gasteiger partial charge >= 0.3 is 12.1 Å². The lowest BCUT2D eigenvalue weighted by molar-refractivity contribution is 0.0696. The lowest BCUT2D eigenvalue weighted by Gasteiger charge is -2.23. The monoisotopic (exact) mass is 524 g/mol. The second-order valence-electron chi connectivity index (χ2n) is 9.92. The van der Waals surface area contributed by atoms with Crippen molar-refractivity contribution in [2.75, 3.05) is 26.7 Å². The second-order valence-corrected chi connectivity index (χ2v) is 9.92. The molecule has 7 nitrogen and oxygen atoms in total. The molecule has 0 saturated carbocycles. The van der Waals surface area contributed by atoms with E-state index in [1.807, 2.05) is 18.2 Å². The van der Waals surface area contributed by atoms with Gasteiger partial charge in [-0.2, -0.15) is 0 Å². The SMILES string of the molecule is COc1cc(C(=O)O)ccc1OC(=O)N1C[C@@H](CN[C@H](C)c2cccc3ccccc23)[C@@H](c2ccccc2)C1. The van der Waals surface area contributed by atoms with Crippen LogP contribution in [0.5, 0.6) is 11.5 Å². The minimum Gasteiger partial charge on any atom is -0.493 e. The summed E-state index contributed by atoms with van der Waals surface area (Å²) in [6.45, 7) is 3.95. The number of carbonyl (C=O) groups excluding carboxylic acids is 1. The van der Waals surface area contributed by atoms with E-state index < -0.39 is 12.1 Å². The van der Waals surface area contributed by atoms with Gasteiger partial charge in [-0.3, -0.25) is 0 Å². The third kappa shape index (κ3) is 5.73. The number of amides is 1. The molecule has 5 rings (SSSR count). The molecule has 0 unspecified atom stereocenters. The number of carboxylic acid groups (broad SMARTS) is 1. The largest absolute Gasteiger partial charge is 0.493 e. The van der Waals surface area contributed by atoms with Crippen LogP contribution >= 0.6 is 0 Å². The summed E-state index contributed by atoms with van der Waals surface area (Å²) in [5.41, 5.74) is 2.49. The van der Waals surface area contributed by atoms with E-state index in [1.165, 1.54) is 47.2 Å². The van der Waals surface area contributed by atoms with Crippen LogP contribution in [0.1, 0.15) is 40.4 Å². The fourth-order valence-corrected chi connectivity index (χ4v) is 5.41. The fourth-order valence-electron chi connectivity index (χ4n) is 5.41. The highest BCUT2D eigenvalue weighted by Gasteiger charge is 2.37. The minimum absolute atomic E-state index is 0.0587. The molecule has 200 valence electrons. The van der Waals surface area contributed by atoms with Crippen LogP contribution in [0.25, 0.3) is 10.8 Å². The maximum atomic E-state index is 13.2. The summed E-state index contributed by atoms with van der Waals surface area (Å²) in [5, 5.41) is 15.4. The Balaban J connectivity index is 1.32. The average Bonchev–Trinajstić information content (AvgIpc) is 3.40. The molecule has 0 bridgehead atoms. The summed E-state index contributed by atoms with van der Waals surface area (Å²) >= 11 is 0. The molecular formula is C32H32N2O5. The van der Waals surface area contributed by atoms with Gasteiger partial charge in [0.25, 0.3) is 0 Å². The van der Waals surface area contributed by atoms with Crippen LogP contribution in [-0.2, 0) is 0 Å². The highest BCUT2D eigenvalue weighted by Crippen LogP contribution is 2.35. The van der Waals surface area contributed by atoms with Crippen LogP contribution in [-0.4, -0.2) is 48.8 Å². The van der Waals surface area contributed by atoms with Gasteiger partial charge in [0.05, 0.1) is 12.7 Å². The molecule has 39 heavy (non-hydrogen) atoms. The van der Waals surface area contributed by atoms with Crippen molar-refractivity contribution in [3.8, 4) is 11.5 Å². The Morgan fingerprint density at radius 2 is 1.69 bits per heavy atom. The molecular weight excluding hydrogens is 492 g/mol. The van der Waals surface area contributed by atoms with Crippen LogP contribution in [0.15, 0.2) is 91.0 Å². The van der Waals surface area contributed by atoms with Gasteiger partial charge < -0.3 is 24.8 Å². The first-order valence-electron chi connectivity index (χ1n) is 13.1. The number of ether oxygens (including phenoxy) is 2. The van der Waals surface area contributed by atoms with Crippen molar-refractivity contribution < 1.29 is 24.2 Å². The number of rotatable bonds is 8. The molecule has 1 amide bonds. The van der Waals surface area contributed by atoms with Gasteiger partial charge in [0.15, 0.2) is 11.5 Å². The molecule has 7 heteroatoms. The van der Waals surface area contributed by atoms with Crippen molar-refractivity contribution in [2.45, 2.75) is 18.9 Å². The van der Waals surface area contributed by atoms with E-state index in [4.69, 9.17) is 9.47 Å². The first kappa shape index (κ1) is 26.3. The summed E-state index contributed by atoms with van der Waals surface area (Å²) in [6.07, 6.45) is -0.484. The number of carbonyl (C=O) groups is 2. The van der Waals surface area contributed by atoms with Gasteiger partial charge in [0, 0.05) is 31.6 Å². The molecule has 3 atom stereocenters. The second kappa shape index (κ2) is 11.6. The van der Waals surface area contributed by atoms with E-state index in [0.717, 1.165) is 6.54 Å². The number of nitrogens with one attached hydrogen (secondary N) is 1. The third-order valence-electron chi connectivity index (χ3n) is 7.51. The molecule has 1 heterocycles. The Morgan fingerprint density at radius 3 is 2.46 bits per heavy atom. The van der Waals surface area contributed by atoms with Gasteiger partial charge in [-0.1, -0.05) is 72.8 Å². The van der Waals surface area contributed by atoms with Crippen molar-refractivity contribution >= 4 is 22.8 Å². The highest BCUT2D eigenvalue weighted by molar-refractivity contribution is 5.89. The number of likely N-dealkylation sites (tertiary alicyclic amines) is 1. The summed E-state index contributed by atoms with van der Waals surface area (Å²) in [5.74, 6) is -0.375. The van der Waals surface area contributed by atoms with Crippen molar-refractivity contribution in [1.82, 2.24) is 10.2 Å². The molecule has 4 aromatic carbocycles. The topological polar surface area (TPSA) is 88.1 Å². The van der Waals surface area contributed by atoms with Gasteiger partial charge in [0.1, 0.15) is 0 Å². The summed E-state index contributed by atoms with van der Waals surface area (Å²) in [4.78, 5) is 26.3. The van der Waals surface area contributed by atoms with Crippen LogP contribution in [0.3, 0.4) is 0 Å². The summed E-state index contributed by atoms with van der Waals surface area (Å²) in [7, 11) is 1.42. The molecule has 1 aliphatic rings. The zero-order chi connectivity index (χ0) is 27.4. The van der Waals surface area contributed by atoms with Gasteiger partial charge in [-0.25, -0.2) is 9.59 Å². The Labute approximate surface area is 228 Å². The Kier molecular flexibility index (Phi) is 7.79. The third-order valence-corrected chi connectivity index (χ3v) is 7.51. The molecule has 0 radical (unpaired) electrons. The molecule has 1 saturated heterocycles. The van der Waals surface area contributed by atoms with E-state index in [2.05, 4.69) is 66.8 Å². The molecule has 4 aromatic rings. The number of nitrogens with zero attached hydrogens (tertiary/aromatic N) is 1. The number of fused-ring (bicyclic) bond motifs is 1. The van der Waals surface area contributed by atoms with E-state index in [-0.39, 0.29) is 34.9 Å². The minimum atomic E-state index is -1.08. The zero-order valence-electron chi connectivity index (χ0n) is 22.0. The van der Waals surface area contributed by atoms with E-state index >= 15 is 0 Å².